The Labute approximate surface area is 127 Å². The first-order valence-corrected chi connectivity index (χ1v) is 7.54. The topological polar surface area (TPSA) is 70.2 Å². The van der Waals surface area contributed by atoms with Crippen molar-refractivity contribution in [3.63, 3.8) is 0 Å². The second-order valence-corrected chi connectivity index (χ2v) is 5.37. The first kappa shape index (κ1) is 17.4. The lowest BCUT2D eigenvalue weighted by molar-refractivity contribution is -0.122. The third-order valence-corrected chi connectivity index (χ3v) is 2.89. The summed E-state index contributed by atoms with van der Waals surface area (Å²) >= 11 is 0. The van der Waals surface area contributed by atoms with E-state index in [1.165, 1.54) is 0 Å². The number of nitrogens with one attached hydrogen (secondary N) is 2. The zero-order valence-corrected chi connectivity index (χ0v) is 13.7. The number of nitrogens with zero attached hydrogens (tertiary/aromatic N) is 3. The Morgan fingerprint density at radius 1 is 1.33 bits per heavy atom. The molecule has 6 nitrogen and oxygen atoms in total. The fourth-order valence-corrected chi connectivity index (χ4v) is 2.02. The van der Waals surface area contributed by atoms with Gasteiger partial charge in [0.15, 0.2) is 0 Å². The third kappa shape index (κ3) is 6.53. The lowest BCUT2D eigenvalue weighted by Crippen LogP contribution is -2.40. The predicted molar refractivity (Wildman–Crippen MR) is 85.2 cm³/mol. The molecule has 118 valence electrons. The van der Waals surface area contributed by atoms with Gasteiger partial charge in [-0.25, -0.2) is 9.97 Å². The summed E-state index contributed by atoms with van der Waals surface area (Å²) in [6.45, 7) is 12.5. The Morgan fingerprint density at radius 2 is 2.05 bits per heavy atom. The molecule has 0 spiro atoms. The van der Waals surface area contributed by atoms with Crippen LogP contribution < -0.4 is 10.6 Å². The Kier molecular flexibility index (Phi) is 7.08. The molecule has 0 atom stereocenters. The number of anilines is 1. The molecular weight excluding hydrogens is 266 g/mol. The maximum atomic E-state index is 11.8. The van der Waals surface area contributed by atoms with E-state index < -0.39 is 0 Å². The van der Waals surface area contributed by atoms with Gasteiger partial charge >= 0.3 is 0 Å². The molecule has 1 amide bonds. The second kappa shape index (κ2) is 8.56. The molecule has 0 saturated heterocycles. The fraction of sp³-hybridized carbons (Fsp3) is 0.667. The molecule has 0 fully saturated rings. The summed E-state index contributed by atoms with van der Waals surface area (Å²) in [6.07, 6.45) is 0. The van der Waals surface area contributed by atoms with E-state index in [4.69, 9.17) is 0 Å². The number of carbonyl (C=O) groups excluding carboxylic acids is 1. The number of hydrogen-bond donors (Lipinski definition) is 2. The van der Waals surface area contributed by atoms with Crippen molar-refractivity contribution in [3.8, 4) is 0 Å². The average Bonchev–Trinajstić information content (AvgIpc) is 2.36. The molecule has 0 bridgehead atoms. The zero-order chi connectivity index (χ0) is 15.8. The smallest absolute Gasteiger partial charge is 0.234 e. The molecule has 0 aliphatic rings. The Hall–Kier alpha value is -1.69. The van der Waals surface area contributed by atoms with Gasteiger partial charge in [0.25, 0.3) is 0 Å². The highest BCUT2D eigenvalue weighted by molar-refractivity contribution is 5.78. The van der Waals surface area contributed by atoms with Gasteiger partial charge in [-0.1, -0.05) is 6.92 Å². The lowest BCUT2D eigenvalue weighted by Gasteiger charge is -2.20. The van der Waals surface area contributed by atoms with Crippen molar-refractivity contribution >= 4 is 11.7 Å². The van der Waals surface area contributed by atoms with Crippen LogP contribution in [0.1, 0.15) is 39.2 Å². The molecule has 0 aromatic carbocycles. The largest absolute Gasteiger partial charge is 0.370 e. The molecule has 0 aliphatic heterocycles. The van der Waals surface area contributed by atoms with E-state index in [1.54, 1.807) is 0 Å². The number of likely N-dealkylation sites (N-methyl/N-ethyl adjacent to an activating group) is 1. The van der Waals surface area contributed by atoms with E-state index >= 15 is 0 Å². The molecule has 0 aliphatic carbocycles. The van der Waals surface area contributed by atoms with Crippen molar-refractivity contribution in [2.45, 2.75) is 47.2 Å². The van der Waals surface area contributed by atoms with Gasteiger partial charge in [-0.05, 0) is 34.2 Å². The number of amides is 1. The van der Waals surface area contributed by atoms with E-state index in [0.717, 1.165) is 30.4 Å². The van der Waals surface area contributed by atoms with Gasteiger partial charge in [-0.3, -0.25) is 9.69 Å². The van der Waals surface area contributed by atoms with Crippen LogP contribution in [0.15, 0.2) is 6.07 Å². The maximum absolute atomic E-state index is 11.8. The standard InChI is InChI=1S/C15H27N5O/c1-6-16-13-8-12(5)18-14(19-13)9-20(7-2)10-15(21)17-11(3)4/h8,11H,6-7,9-10H2,1-5H3,(H,17,21)(H,16,18,19). The summed E-state index contributed by atoms with van der Waals surface area (Å²) in [7, 11) is 0. The summed E-state index contributed by atoms with van der Waals surface area (Å²) in [4.78, 5) is 22.8. The van der Waals surface area contributed by atoms with Crippen molar-refractivity contribution in [2.24, 2.45) is 0 Å². The summed E-state index contributed by atoms with van der Waals surface area (Å²) in [6, 6.07) is 2.08. The van der Waals surface area contributed by atoms with Gasteiger partial charge in [-0.2, -0.15) is 0 Å². The molecule has 0 saturated carbocycles. The van der Waals surface area contributed by atoms with Crippen molar-refractivity contribution in [1.29, 1.82) is 0 Å². The minimum Gasteiger partial charge on any atom is -0.370 e. The molecule has 1 heterocycles. The molecule has 0 radical (unpaired) electrons. The first-order valence-electron chi connectivity index (χ1n) is 7.54. The van der Waals surface area contributed by atoms with Crippen LogP contribution in [0.3, 0.4) is 0 Å². The number of carbonyl (C=O) groups is 1. The van der Waals surface area contributed by atoms with Gasteiger partial charge in [-0.15, -0.1) is 0 Å². The average molecular weight is 293 g/mol. The molecule has 1 aromatic rings. The van der Waals surface area contributed by atoms with E-state index in [0.29, 0.717) is 13.1 Å². The van der Waals surface area contributed by atoms with Gasteiger partial charge in [0.1, 0.15) is 11.6 Å². The highest BCUT2D eigenvalue weighted by atomic mass is 16.2. The molecule has 1 rings (SSSR count). The number of hydrogen-bond acceptors (Lipinski definition) is 5. The normalized spacial score (nSPS) is 11.0. The van der Waals surface area contributed by atoms with Crippen LogP contribution in [0.25, 0.3) is 0 Å². The SMILES string of the molecule is CCNc1cc(C)nc(CN(CC)CC(=O)NC(C)C)n1. The highest BCUT2D eigenvalue weighted by Crippen LogP contribution is 2.08. The van der Waals surface area contributed by atoms with Crippen LogP contribution in [0, 0.1) is 6.92 Å². The quantitative estimate of drug-likeness (QED) is 0.761. The summed E-state index contributed by atoms with van der Waals surface area (Å²) < 4.78 is 0. The third-order valence-electron chi connectivity index (χ3n) is 2.89. The minimum absolute atomic E-state index is 0.0337. The Morgan fingerprint density at radius 3 is 2.62 bits per heavy atom. The molecule has 21 heavy (non-hydrogen) atoms. The van der Waals surface area contributed by atoms with Gasteiger partial charge < -0.3 is 10.6 Å². The maximum Gasteiger partial charge on any atom is 0.234 e. The van der Waals surface area contributed by atoms with E-state index in [2.05, 4.69) is 20.6 Å². The van der Waals surface area contributed by atoms with E-state index in [9.17, 15) is 4.79 Å². The van der Waals surface area contributed by atoms with Gasteiger partial charge in [0.2, 0.25) is 5.91 Å². The van der Waals surface area contributed by atoms with Crippen LogP contribution in [-0.4, -0.2) is 46.5 Å². The first-order chi connectivity index (χ1) is 9.94. The van der Waals surface area contributed by atoms with E-state index in [-0.39, 0.29) is 11.9 Å². The number of rotatable bonds is 8. The van der Waals surface area contributed by atoms with Crippen LogP contribution in [0.2, 0.25) is 0 Å². The zero-order valence-electron chi connectivity index (χ0n) is 13.7. The van der Waals surface area contributed by atoms with E-state index in [1.807, 2.05) is 45.6 Å². The van der Waals surface area contributed by atoms with Gasteiger partial charge in [0.05, 0.1) is 13.1 Å². The Balaban J connectivity index is 2.70. The second-order valence-electron chi connectivity index (χ2n) is 5.37. The van der Waals surface area contributed by atoms with Crippen LogP contribution in [-0.2, 0) is 11.3 Å². The monoisotopic (exact) mass is 293 g/mol. The van der Waals surface area contributed by atoms with Crippen molar-refractivity contribution < 1.29 is 4.79 Å². The van der Waals surface area contributed by atoms with Gasteiger partial charge in [0, 0.05) is 24.3 Å². The fourth-order valence-electron chi connectivity index (χ4n) is 2.02. The molecular formula is C15H27N5O. The summed E-state index contributed by atoms with van der Waals surface area (Å²) in [5.74, 6) is 1.61. The lowest BCUT2D eigenvalue weighted by atomic mass is 10.3. The number of aromatic nitrogens is 2. The highest BCUT2D eigenvalue weighted by Gasteiger charge is 2.12. The predicted octanol–water partition coefficient (Wildman–Crippen LogP) is 1.56. The molecule has 6 heteroatoms. The summed E-state index contributed by atoms with van der Waals surface area (Å²) in [5, 5.41) is 6.10. The van der Waals surface area contributed by atoms with Crippen LogP contribution in [0.5, 0.6) is 0 Å². The summed E-state index contributed by atoms with van der Waals surface area (Å²) in [5.41, 5.74) is 0.929. The molecule has 2 N–H and O–H groups in total. The molecule has 0 unspecified atom stereocenters. The Bertz CT molecular complexity index is 461. The van der Waals surface area contributed by atoms with Crippen molar-refractivity contribution in [2.75, 3.05) is 25.0 Å². The van der Waals surface area contributed by atoms with Crippen molar-refractivity contribution in [1.82, 2.24) is 20.2 Å². The van der Waals surface area contributed by atoms with Crippen LogP contribution in [0.4, 0.5) is 5.82 Å². The van der Waals surface area contributed by atoms with Crippen molar-refractivity contribution in [3.05, 3.63) is 17.6 Å². The molecule has 1 aromatic heterocycles. The number of aryl methyl sites for hydroxylation is 1. The minimum atomic E-state index is 0.0337. The van der Waals surface area contributed by atoms with Crippen LogP contribution >= 0.6 is 0 Å².